The average molecular weight is 444 g/mol. The Morgan fingerprint density at radius 3 is 2.16 bits per heavy atom. The van der Waals surface area contributed by atoms with Crippen molar-refractivity contribution in [3.8, 4) is 6.07 Å². The molecule has 32 heavy (non-hydrogen) atoms. The number of anilines is 1. The first-order chi connectivity index (χ1) is 14.8. The number of ether oxygens (including phenoxy) is 2. The van der Waals surface area contributed by atoms with E-state index in [-0.39, 0.29) is 30.4 Å². The van der Waals surface area contributed by atoms with Crippen LogP contribution in [0.2, 0.25) is 0 Å². The van der Waals surface area contributed by atoms with Gasteiger partial charge in [0.25, 0.3) is 0 Å². The van der Waals surface area contributed by atoms with Gasteiger partial charge in [-0.2, -0.15) is 5.26 Å². The van der Waals surface area contributed by atoms with E-state index in [0.29, 0.717) is 26.1 Å². The van der Waals surface area contributed by atoms with E-state index in [4.69, 9.17) is 9.47 Å². The molecule has 1 aromatic carbocycles. The summed E-state index contributed by atoms with van der Waals surface area (Å²) in [6.07, 6.45) is 0.361. The lowest BCUT2D eigenvalue weighted by molar-refractivity contribution is -0.154. The molecule has 1 saturated heterocycles. The minimum absolute atomic E-state index is 0.0268. The molecular formula is C25H37N3O4. The van der Waals surface area contributed by atoms with Gasteiger partial charge in [-0.15, -0.1) is 0 Å². The van der Waals surface area contributed by atoms with E-state index in [9.17, 15) is 14.9 Å². The molecule has 1 heterocycles. The van der Waals surface area contributed by atoms with Crippen LogP contribution in [0, 0.1) is 11.3 Å². The molecule has 0 N–H and O–H groups in total. The number of esters is 1. The summed E-state index contributed by atoms with van der Waals surface area (Å²) in [5.74, 6) is -0.647. The van der Waals surface area contributed by atoms with Crippen molar-refractivity contribution >= 4 is 17.7 Å². The first-order valence-electron chi connectivity index (χ1n) is 11.2. The average Bonchev–Trinajstić information content (AvgIpc) is 2.66. The van der Waals surface area contributed by atoms with Crippen LogP contribution in [0.3, 0.4) is 0 Å². The molecule has 1 aliphatic rings. The molecule has 1 unspecified atom stereocenters. The van der Waals surface area contributed by atoms with Crippen LogP contribution >= 0.6 is 0 Å². The molecule has 7 heteroatoms. The number of hydrogen-bond donors (Lipinski definition) is 0. The molecule has 7 nitrogen and oxygen atoms in total. The molecular weight excluding hydrogens is 406 g/mol. The second-order valence-electron chi connectivity index (χ2n) is 10.4. The maximum Gasteiger partial charge on any atom is 0.410 e. The summed E-state index contributed by atoms with van der Waals surface area (Å²) in [5.41, 5.74) is 0.907. The highest BCUT2D eigenvalue weighted by Gasteiger charge is 2.31. The normalized spacial score (nSPS) is 18.0. The van der Waals surface area contributed by atoms with Gasteiger partial charge in [-0.25, -0.2) is 4.79 Å². The van der Waals surface area contributed by atoms with Crippen LogP contribution in [0.1, 0.15) is 72.8 Å². The number of nitriles is 1. The van der Waals surface area contributed by atoms with Crippen molar-refractivity contribution in [3.05, 3.63) is 29.8 Å². The third-order valence-corrected chi connectivity index (χ3v) is 5.13. The zero-order valence-corrected chi connectivity index (χ0v) is 20.5. The van der Waals surface area contributed by atoms with Crippen molar-refractivity contribution in [1.29, 1.82) is 5.26 Å². The summed E-state index contributed by atoms with van der Waals surface area (Å²) in [7, 11) is 0. The molecule has 176 valence electrons. The van der Waals surface area contributed by atoms with Gasteiger partial charge in [0.1, 0.15) is 11.2 Å². The van der Waals surface area contributed by atoms with Gasteiger partial charge >= 0.3 is 12.1 Å². The van der Waals surface area contributed by atoms with Gasteiger partial charge in [-0.1, -0.05) is 12.1 Å². The van der Waals surface area contributed by atoms with Crippen molar-refractivity contribution in [2.45, 2.75) is 84.5 Å². The third-order valence-electron chi connectivity index (χ3n) is 5.13. The van der Waals surface area contributed by atoms with Crippen LogP contribution < -0.4 is 4.90 Å². The van der Waals surface area contributed by atoms with Gasteiger partial charge in [-0.3, -0.25) is 4.79 Å². The van der Waals surface area contributed by atoms with Crippen LogP contribution in [-0.4, -0.2) is 53.8 Å². The van der Waals surface area contributed by atoms with E-state index in [2.05, 4.69) is 11.0 Å². The number of hydrogen-bond acceptors (Lipinski definition) is 6. The highest BCUT2D eigenvalue weighted by Crippen LogP contribution is 2.26. The zero-order chi connectivity index (χ0) is 24.1. The lowest BCUT2D eigenvalue weighted by Gasteiger charge is -2.41. The third kappa shape index (κ3) is 7.74. The lowest BCUT2D eigenvalue weighted by atomic mass is 9.95. The maximum atomic E-state index is 12.4. The van der Waals surface area contributed by atoms with Gasteiger partial charge in [0.05, 0.1) is 12.0 Å². The molecule has 1 amide bonds. The van der Waals surface area contributed by atoms with E-state index in [1.54, 1.807) is 4.90 Å². The molecule has 2 atom stereocenters. The predicted molar refractivity (Wildman–Crippen MR) is 124 cm³/mol. The molecule has 0 bridgehead atoms. The second-order valence-corrected chi connectivity index (χ2v) is 10.4. The van der Waals surface area contributed by atoms with Crippen LogP contribution in [-0.2, 0) is 14.3 Å². The van der Waals surface area contributed by atoms with Crippen LogP contribution in [0.25, 0.3) is 0 Å². The Hall–Kier alpha value is -2.75. The molecule has 0 spiro atoms. The van der Waals surface area contributed by atoms with Crippen molar-refractivity contribution < 1.29 is 19.1 Å². The minimum atomic E-state index is -0.522. The van der Waals surface area contributed by atoms with Crippen molar-refractivity contribution in [1.82, 2.24) is 4.90 Å². The topological polar surface area (TPSA) is 82.9 Å². The Bertz CT molecular complexity index is 831. The van der Waals surface area contributed by atoms with E-state index >= 15 is 0 Å². The summed E-state index contributed by atoms with van der Waals surface area (Å²) in [4.78, 5) is 28.4. The number of nitrogens with zero attached hydrogens (tertiary/aromatic N) is 3. The van der Waals surface area contributed by atoms with Gasteiger partial charge in [0.15, 0.2) is 0 Å². The monoisotopic (exact) mass is 443 g/mol. The van der Waals surface area contributed by atoms with Crippen LogP contribution in [0.4, 0.5) is 10.5 Å². The van der Waals surface area contributed by atoms with Gasteiger partial charge < -0.3 is 19.3 Å². The molecule has 0 aromatic heterocycles. The van der Waals surface area contributed by atoms with Gasteiger partial charge in [-0.05, 0) is 72.6 Å². The molecule has 0 aliphatic carbocycles. The molecule has 1 fully saturated rings. The quantitative estimate of drug-likeness (QED) is 0.604. The number of piperazine rings is 1. The lowest BCUT2D eigenvalue weighted by Crippen LogP contribution is -2.55. The van der Waals surface area contributed by atoms with E-state index in [1.807, 2.05) is 72.7 Å². The van der Waals surface area contributed by atoms with Crippen molar-refractivity contribution in [2.75, 3.05) is 24.5 Å². The zero-order valence-electron chi connectivity index (χ0n) is 20.5. The number of rotatable bonds is 5. The standard InChI is InChI=1S/C25H37N3O4/c1-18-17-27(14-15-28(18)23(30)32-25(5,6)7)21-11-8-19(9-12-21)20(16-26)10-13-22(29)31-24(2,3)4/h8-9,11-12,18,20H,10,13-15,17H2,1-7H3/t18-,20?/m0/s1. The largest absolute Gasteiger partial charge is 0.460 e. The fourth-order valence-corrected chi connectivity index (χ4v) is 3.66. The summed E-state index contributed by atoms with van der Waals surface area (Å²) in [6, 6.07) is 10.2. The molecule has 1 aliphatic heterocycles. The molecule has 2 rings (SSSR count). The predicted octanol–water partition coefficient (Wildman–Crippen LogP) is 4.86. The smallest absolute Gasteiger partial charge is 0.410 e. The van der Waals surface area contributed by atoms with E-state index in [1.165, 1.54) is 0 Å². The first-order valence-corrected chi connectivity index (χ1v) is 11.2. The number of carbonyl (C=O) groups excluding carboxylic acids is 2. The summed E-state index contributed by atoms with van der Waals surface area (Å²) in [6.45, 7) is 15.1. The minimum Gasteiger partial charge on any atom is -0.460 e. The number of benzene rings is 1. The Morgan fingerprint density at radius 1 is 1.06 bits per heavy atom. The highest BCUT2D eigenvalue weighted by molar-refractivity contribution is 5.70. The van der Waals surface area contributed by atoms with Crippen LogP contribution in [0.15, 0.2) is 24.3 Å². The second kappa shape index (κ2) is 10.2. The summed E-state index contributed by atoms with van der Waals surface area (Å²) < 4.78 is 10.9. The SMILES string of the molecule is C[C@H]1CN(c2ccc(C(C#N)CCC(=O)OC(C)(C)C)cc2)CCN1C(=O)OC(C)(C)C. The summed E-state index contributed by atoms with van der Waals surface area (Å²) >= 11 is 0. The summed E-state index contributed by atoms with van der Waals surface area (Å²) in [5, 5.41) is 9.58. The molecule has 0 saturated carbocycles. The fourth-order valence-electron chi connectivity index (χ4n) is 3.66. The van der Waals surface area contributed by atoms with E-state index < -0.39 is 11.2 Å². The number of amides is 1. The number of carbonyl (C=O) groups is 2. The van der Waals surface area contributed by atoms with Crippen molar-refractivity contribution in [2.24, 2.45) is 0 Å². The first kappa shape index (κ1) is 25.5. The maximum absolute atomic E-state index is 12.4. The Balaban J connectivity index is 1.95. The van der Waals surface area contributed by atoms with Crippen molar-refractivity contribution in [3.63, 3.8) is 0 Å². The molecule has 0 radical (unpaired) electrons. The van der Waals surface area contributed by atoms with Gasteiger partial charge in [0, 0.05) is 37.8 Å². The fraction of sp³-hybridized carbons (Fsp3) is 0.640. The Kier molecular flexibility index (Phi) is 8.17. The molecule has 1 aromatic rings. The van der Waals surface area contributed by atoms with Crippen LogP contribution in [0.5, 0.6) is 0 Å². The Labute approximate surface area is 192 Å². The Morgan fingerprint density at radius 2 is 1.66 bits per heavy atom. The van der Waals surface area contributed by atoms with E-state index in [0.717, 1.165) is 11.3 Å². The highest BCUT2D eigenvalue weighted by atomic mass is 16.6. The van der Waals surface area contributed by atoms with Gasteiger partial charge in [0.2, 0.25) is 0 Å².